The van der Waals surface area contributed by atoms with Crippen molar-refractivity contribution in [2.45, 2.75) is 6.29 Å². The van der Waals surface area contributed by atoms with Gasteiger partial charge in [-0.15, -0.1) is 0 Å². The molecule has 0 fully saturated rings. The van der Waals surface area contributed by atoms with E-state index >= 15 is 0 Å². The fourth-order valence-corrected chi connectivity index (χ4v) is 1.25. The third kappa shape index (κ3) is 3.51. The van der Waals surface area contributed by atoms with Crippen LogP contribution in [0.4, 0.5) is 0 Å². The molecule has 0 amide bonds. The van der Waals surface area contributed by atoms with Crippen LogP contribution in [0.25, 0.3) is 0 Å². The van der Waals surface area contributed by atoms with E-state index in [2.05, 4.69) is 0 Å². The molecule has 0 atom stereocenters. The third-order valence-electron chi connectivity index (χ3n) is 1.94. The van der Waals surface area contributed by atoms with Crippen molar-refractivity contribution in [1.29, 1.82) is 0 Å². The Morgan fingerprint density at radius 1 is 1.13 bits per heavy atom. The number of aliphatic hydroxyl groups is 1. The summed E-state index contributed by atoms with van der Waals surface area (Å²) < 4.78 is 15.4. The number of aliphatic hydroxyl groups excluding tert-OH is 1. The molecule has 15 heavy (non-hydrogen) atoms. The van der Waals surface area contributed by atoms with E-state index in [4.69, 9.17) is 19.3 Å². The fraction of sp³-hybridized carbons (Fsp3) is 0.455. The minimum atomic E-state index is -0.350. The highest BCUT2D eigenvalue weighted by molar-refractivity contribution is 5.27. The van der Waals surface area contributed by atoms with Crippen molar-refractivity contribution in [1.82, 2.24) is 0 Å². The highest BCUT2D eigenvalue weighted by atomic mass is 16.7. The Bertz CT molecular complexity index is 266. The van der Waals surface area contributed by atoms with Crippen molar-refractivity contribution in [3.8, 4) is 5.75 Å². The van der Waals surface area contributed by atoms with Gasteiger partial charge in [0.2, 0.25) is 0 Å². The van der Waals surface area contributed by atoms with Gasteiger partial charge in [0, 0.05) is 19.8 Å². The summed E-state index contributed by atoms with van der Waals surface area (Å²) in [6, 6.07) is 7.36. The lowest BCUT2D eigenvalue weighted by atomic mass is 10.2. The van der Waals surface area contributed by atoms with E-state index < -0.39 is 0 Å². The van der Waals surface area contributed by atoms with Crippen LogP contribution in [0.3, 0.4) is 0 Å². The van der Waals surface area contributed by atoms with Gasteiger partial charge < -0.3 is 19.3 Å². The SMILES string of the molecule is COC(OC)c1ccc(OCCO)cc1. The maximum absolute atomic E-state index is 8.58. The van der Waals surface area contributed by atoms with Gasteiger partial charge in [-0.05, 0) is 12.1 Å². The maximum Gasteiger partial charge on any atom is 0.183 e. The molecule has 0 spiro atoms. The summed E-state index contributed by atoms with van der Waals surface area (Å²) in [5, 5.41) is 8.58. The van der Waals surface area contributed by atoms with E-state index in [1.54, 1.807) is 14.2 Å². The zero-order valence-electron chi connectivity index (χ0n) is 8.97. The first-order valence-electron chi connectivity index (χ1n) is 4.71. The molecule has 1 N–H and O–H groups in total. The van der Waals surface area contributed by atoms with Crippen molar-refractivity contribution in [3.63, 3.8) is 0 Å². The first-order valence-corrected chi connectivity index (χ1v) is 4.71. The number of rotatable bonds is 6. The lowest BCUT2D eigenvalue weighted by molar-refractivity contribution is -0.106. The molecule has 4 nitrogen and oxygen atoms in total. The molecule has 84 valence electrons. The normalized spacial score (nSPS) is 10.7. The van der Waals surface area contributed by atoms with E-state index in [0.29, 0.717) is 6.61 Å². The van der Waals surface area contributed by atoms with Crippen molar-refractivity contribution in [3.05, 3.63) is 29.8 Å². The van der Waals surface area contributed by atoms with Crippen molar-refractivity contribution in [2.75, 3.05) is 27.4 Å². The number of ether oxygens (including phenoxy) is 3. The van der Waals surface area contributed by atoms with E-state index in [1.807, 2.05) is 24.3 Å². The summed E-state index contributed by atoms with van der Waals surface area (Å²) in [5.74, 6) is 0.721. The van der Waals surface area contributed by atoms with Crippen LogP contribution < -0.4 is 4.74 Å². The standard InChI is InChI=1S/C11H16O4/c1-13-11(14-2)9-3-5-10(6-4-9)15-8-7-12/h3-6,11-12H,7-8H2,1-2H3. The molecule has 0 saturated heterocycles. The Morgan fingerprint density at radius 3 is 2.20 bits per heavy atom. The number of hydrogen-bond donors (Lipinski definition) is 1. The van der Waals surface area contributed by atoms with Gasteiger partial charge in [-0.25, -0.2) is 0 Å². The third-order valence-corrected chi connectivity index (χ3v) is 1.94. The molecule has 0 aliphatic carbocycles. The second-order valence-corrected chi connectivity index (χ2v) is 2.94. The van der Waals surface area contributed by atoms with Gasteiger partial charge in [-0.1, -0.05) is 12.1 Å². The molecular formula is C11H16O4. The quantitative estimate of drug-likeness (QED) is 0.723. The van der Waals surface area contributed by atoms with Crippen LogP contribution in [0.5, 0.6) is 5.75 Å². The second-order valence-electron chi connectivity index (χ2n) is 2.94. The van der Waals surface area contributed by atoms with Crippen molar-refractivity contribution < 1.29 is 19.3 Å². The molecule has 0 unspecified atom stereocenters. The average Bonchev–Trinajstić information content (AvgIpc) is 2.29. The summed E-state index contributed by atoms with van der Waals surface area (Å²) in [6.07, 6.45) is -0.350. The van der Waals surface area contributed by atoms with E-state index in [1.165, 1.54) is 0 Å². The monoisotopic (exact) mass is 212 g/mol. The Labute approximate surface area is 89.4 Å². The molecule has 0 aliphatic rings. The summed E-state index contributed by atoms with van der Waals surface area (Å²) in [6.45, 7) is 0.317. The Balaban J connectivity index is 2.62. The van der Waals surface area contributed by atoms with Crippen molar-refractivity contribution >= 4 is 0 Å². The van der Waals surface area contributed by atoms with Crippen LogP contribution in [0, 0.1) is 0 Å². The van der Waals surface area contributed by atoms with E-state index in [-0.39, 0.29) is 12.9 Å². The molecule has 0 bridgehead atoms. The first-order chi connectivity index (χ1) is 7.31. The largest absolute Gasteiger partial charge is 0.491 e. The molecular weight excluding hydrogens is 196 g/mol. The van der Waals surface area contributed by atoms with Gasteiger partial charge >= 0.3 is 0 Å². The van der Waals surface area contributed by atoms with Gasteiger partial charge in [0.25, 0.3) is 0 Å². The minimum absolute atomic E-state index is 0.0144. The Morgan fingerprint density at radius 2 is 1.73 bits per heavy atom. The zero-order chi connectivity index (χ0) is 11.1. The first kappa shape index (κ1) is 12.0. The molecule has 0 saturated carbocycles. The Kier molecular flexibility index (Phi) is 5.10. The second kappa shape index (κ2) is 6.40. The number of methoxy groups -OCH3 is 2. The van der Waals surface area contributed by atoms with Gasteiger partial charge in [0.1, 0.15) is 12.4 Å². The maximum atomic E-state index is 8.58. The van der Waals surface area contributed by atoms with Crippen LogP contribution in [0.1, 0.15) is 11.9 Å². The van der Waals surface area contributed by atoms with Gasteiger partial charge in [0.15, 0.2) is 6.29 Å². The van der Waals surface area contributed by atoms with Crippen LogP contribution >= 0.6 is 0 Å². The highest BCUT2D eigenvalue weighted by Crippen LogP contribution is 2.20. The average molecular weight is 212 g/mol. The van der Waals surface area contributed by atoms with Crippen LogP contribution in [0.2, 0.25) is 0 Å². The Hall–Kier alpha value is -1.10. The molecule has 1 aromatic rings. The molecule has 0 aromatic heterocycles. The fourth-order valence-electron chi connectivity index (χ4n) is 1.25. The molecule has 0 aliphatic heterocycles. The summed E-state index contributed by atoms with van der Waals surface area (Å²) >= 11 is 0. The lowest BCUT2D eigenvalue weighted by Gasteiger charge is -2.13. The lowest BCUT2D eigenvalue weighted by Crippen LogP contribution is -2.04. The van der Waals surface area contributed by atoms with Crippen LogP contribution in [-0.4, -0.2) is 32.5 Å². The summed E-state index contributed by atoms with van der Waals surface area (Å²) in [5.41, 5.74) is 0.927. The minimum Gasteiger partial charge on any atom is -0.491 e. The topological polar surface area (TPSA) is 47.9 Å². The predicted octanol–water partition coefficient (Wildman–Crippen LogP) is 1.35. The van der Waals surface area contributed by atoms with Gasteiger partial charge in [-0.3, -0.25) is 0 Å². The highest BCUT2D eigenvalue weighted by Gasteiger charge is 2.07. The smallest absolute Gasteiger partial charge is 0.183 e. The van der Waals surface area contributed by atoms with E-state index in [9.17, 15) is 0 Å². The zero-order valence-corrected chi connectivity index (χ0v) is 8.97. The van der Waals surface area contributed by atoms with Crippen LogP contribution in [-0.2, 0) is 9.47 Å². The number of hydrogen-bond acceptors (Lipinski definition) is 4. The van der Waals surface area contributed by atoms with Gasteiger partial charge in [0.05, 0.1) is 6.61 Å². The predicted molar refractivity (Wildman–Crippen MR) is 55.8 cm³/mol. The summed E-state index contributed by atoms with van der Waals surface area (Å²) in [7, 11) is 3.18. The van der Waals surface area contributed by atoms with E-state index in [0.717, 1.165) is 11.3 Å². The molecule has 0 heterocycles. The molecule has 4 heteroatoms. The van der Waals surface area contributed by atoms with Crippen LogP contribution in [0.15, 0.2) is 24.3 Å². The summed E-state index contributed by atoms with van der Waals surface area (Å²) in [4.78, 5) is 0. The molecule has 1 aromatic carbocycles. The van der Waals surface area contributed by atoms with Crippen molar-refractivity contribution in [2.24, 2.45) is 0 Å². The molecule has 0 radical (unpaired) electrons. The molecule has 1 rings (SSSR count). The number of benzene rings is 1. The van der Waals surface area contributed by atoms with Gasteiger partial charge in [-0.2, -0.15) is 0 Å².